The Hall–Kier alpha value is -1.67. The molecular formula is C8H3ClN2O3S. The van der Waals surface area contributed by atoms with E-state index in [-0.39, 0.29) is 10.6 Å². The maximum atomic E-state index is 11.3. The maximum Gasteiger partial charge on any atom is 0.294 e. The van der Waals surface area contributed by atoms with Gasteiger partial charge in [0.2, 0.25) is 0 Å². The van der Waals surface area contributed by atoms with Crippen molar-refractivity contribution >= 4 is 27.7 Å². The molecule has 0 aromatic heterocycles. The first-order chi connectivity index (χ1) is 7.01. The molecule has 0 saturated carbocycles. The second-order valence-electron chi connectivity index (χ2n) is 2.41. The third-order valence-electron chi connectivity index (χ3n) is 1.50. The molecule has 0 aliphatic carbocycles. The van der Waals surface area contributed by atoms with Crippen molar-refractivity contribution in [2.24, 2.45) is 4.40 Å². The van der Waals surface area contributed by atoms with Crippen LogP contribution < -0.4 is 0 Å². The fraction of sp³-hybridized carbons (Fsp3) is 0. The van der Waals surface area contributed by atoms with Crippen LogP contribution in [0.1, 0.15) is 5.56 Å². The summed E-state index contributed by atoms with van der Waals surface area (Å²) in [7, 11) is -4.18. The van der Waals surface area contributed by atoms with E-state index in [4.69, 9.17) is 16.9 Å². The van der Waals surface area contributed by atoms with Gasteiger partial charge in [-0.3, -0.25) is 0 Å². The van der Waals surface area contributed by atoms with Crippen molar-refractivity contribution in [2.45, 2.75) is 4.90 Å². The number of benzene rings is 1. The van der Waals surface area contributed by atoms with Gasteiger partial charge in [-0.1, -0.05) is 16.0 Å². The number of carbonyl (C=O) groups excluding carboxylic acids is 1. The first kappa shape index (κ1) is 11.4. The van der Waals surface area contributed by atoms with Crippen LogP contribution in [-0.2, 0) is 14.8 Å². The average Bonchev–Trinajstić information content (AvgIpc) is 2.17. The fourth-order valence-corrected chi connectivity index (χ4v) is 2.00. The molecule has 0 heterocycles. The van der Waals surface area contributed by atoms with Gasteiger partial charge in [0.15, 0.2) is 0 Å². The Balaban J connectivity index is 3.57. The molecule has 0 N–H and O–H groups in total. The Morgan fingerprint density at radius 2 is 2.07 bits per heavy atom. The van der Waals surface area contributed by atoms with Crippen LogP contribution >= 0.6 is 11.6 Å². The molecule has 0 atom stereocenters. The molecule has 5 nitrogen and oxygen atoms in total. The van der Waals surface area contributed by atoms with Crippen LogP contribution in [0.2, 0.25) is 5.02 Å². The van der Waals surface area contributed by atoms with E-state index >= 15 is 0 Å². The molecule has 0 aliphatic heterocycles. The van der Waals surface area contributed by atoms with Crippen LogP contribution in [0.25, 0.3) is 0 Å². The number of nitrogens with zero attached hydrogens (tertiary/aromatic N) is 2. The molecule has 1 aromatic rings. The van der Waals surface area contributed by atoms with Gasteiger partial charge in [0.25, 0.3) is 16.1 Å². The number of nitriles is 1. The molecule has 0 unspecified atom stereocenters. The summed E-state index contributed by atoms with van der Waals surface area (Å²) in [5, 5.41) is 8.78. The summed E-state index contributed by atoms with van der Waals surface area (Å²) in [5.41, 5.74) is -0.126. The molecular weight excluding hydrogens is 240 g/mol. The lowest BCUT2D eigenvalue weighted by atomic mass is 10.2. The summed E-state index contributed by atoms with van der Waals surface area (Å²) in [6, 6.07) is 5.31. The first-order valence-electron chi connectivity index (χ1n) is 3.55. The lowest BCUT2D eigenvalue weighted by molar-refractivity contribution is 0.563. The largest absolute Gasteiger partial charge is 0.294 e. The highest BCUT2D eigenvalue weighted by atomic mass is 35.5. The molecule has 1 aromatic carbocycles. The van der Waals surface area contributed by atoms with Gasteiger partial charge in [-0.05, 0) is 18.2 Å². The van der Waals surface area contributed by atoms with Gasteiger partial charge >= 0.3 is 0 Å². The molecule has 0 radical (unpaired) electrons. The Morgan fingerprint density at radius 3 is 2.60 bits per heavy atom. The number of rotatable bonds is 2. The number of isocyanates is 1. The standard InChI is InChI=1S/C8H3ClN2O3S/c9-7-2-1-6(4-10)8(3-7)15(13,14)11-5-12/h1-3H. The van der Waals surface area contributed by atoms with Crippen molar-refractivity contribution in [2.75, 3.05) is 0 Å². The molecule has 76 valence electrons. The summed E-state index contributed by atoms with van der Waals surface area (Å²) >= 11 is 5.57. The highest BCUT2D eigenvalue weighted by molar-refractivity contribution is 7.90. The number of halogens is 1. The van der Waals surface area contributed by atoms with Crippen LogP contribution in [0.4, 0.5) is 0 Å². The van der Waals surface area contributed by atoms with Crippen molar-refractivity contribution < 1.29 is 13.2 Å². The van der Waals surface area contributed by atoms with E-state index in [1.54, 1.807) is 6.07 Å². The van der Waals surface area contributed by atoms with Crippen LogP contribution in [0, 0.1) is 11.3 Å². The molecule has 0 saturated heterocycles. The third kappa shape index (κ3) is 2.42. The van der Waals surface area contributed by atoms with E-state index in [9.17, 15) is 13.2 Å². The van der Waals surface area contributed by atoms with Gasteiger partial charge < -0.3 is 0 Å². The zero-order valence-corrected chi connectivity index (χ0v) is 8.71. The summed E-state index contributed by atoms with van der Waals surface area (Å²) in [6.45, 7) is 0. The van der Waals surface area contributed by atoms with Gasteiger partial charge in [-0.2, -0.15) is 13.7 Å². The van der Waals surface area contributed by atoms with Crippen molar-refractivity contribution in [3.63, 3.8) is 0 Å². The lowest BCUT2D eigenvalue weighted by Gasteiger charge is -1.99. The number of hydrogen-bond donors (Lipinski definition) is 0. The molecule has 0 spiro atoms. The minimum Gasteiger partial charge on any atom is -0.210 e. The second-order valence-corrected chi connectivity index (χ2v) is 4.42. The summed E-state index contributed by atoms with van der Waals surface area (Å²) < 4.78 is 25.3. The van der Waals surface area contributed by atoms with E-state index in [0.717, 1.165) is 12.1 Å². The predicted octanol–water partition coefficient (Wildman–Crippen LogP) is 1.24. The Labute approximate surface area is 90.7 Å². The van der Waals surface area contributed by atoms with Gasteiger partial charge in [-0.15, -0.1) is 0 Å². The molecule has 1 rings (SSSR count). The van der Waals surface area contributed by atoms with Gasteiger partial charge in [0.1, 0.15) is 11.0 Å². The van der Waals surface area contributed by atoms with Gasteiger partial charge in [0.05, 0.1) is 5.56 Å². The van der Waals surface area contributed by atoms with E-state index in [0.29, 0.717) is 0 Å². The van der Waals surface area contributed by atoms with Gasteiger partial charge in [0, 0.05) is 5.02 Å². The van der Waals surface area contributed by atoms with E-state index in [1.165, 1.54) is 12.1 Å². The quantitative estimate of drug-likeness (QED) is 0.577. The zero-order valence-electron chi connectivity index (χ0n) is 7.14. The van der Waals surface area contributed by atoms with Crippen molar-refractivity contribution in [3.05, 3.63) is 28.8 Å². The highest BCUT2D eigenvalue weighted by Gasteiger charge is 2.18. The average molecular weight is 243 g/mol. The van der Waals surface area contributed by atoms with E-state index < -0.39 is 14.9 Å². The normalized spacial score (nSPS) is 10.1. The molecule has 7 heteroatoms. The highest BCUT2D eigenvalue weighted by Crippen LogP contribution is 2.21. The van der Waals surface area contributed by atoms with E-state index in [1.807, 2.05) is 0 Å². The van der Waals surface area contributed by atoms with E-state index in [2.05, 4.69) is 4.40 Å². The molecule has 15 heavy (non-hydrogen) atoms. The van der Waals surface area contributed by atoms with Crippen molar-refractivity contribution in [1.29, 1.82) is 5.26 Å². The van der Waals surface area contributed by atoms with Crippen molar-refractivity contribution in [3.8, 4) is 6.07 Å². The zero-order chi connectivity index (χ0) is 11.5. The van der Waals surface area contributed by atoms with Gasteiger partial charge in [-0.25, -0.2) is 4.79 Å². The third-order valence-corrected chi connectivity index (χ3v) is 2.94. The Morgan fingerprint density at radius 1 is 1.40 bits per heavy atom. The minimum atomic E-state index is -4.18. The monoisotopic (exact) mass is 242 g/mol. The SMILES string of the molecule is N#Cc1ccc(Cl)cc1S(=O)(=O)N=C=O. The molecule has 0 fully saturated rings. The van der Waals surface area contributed by atoms with Crippen LogP contribution in [0.3, 0.4) is 0 Å². The fourth-order valence-electron chi connectivity index (χ4n) is 0.900. The molecule has 0 aliphatic rings. The molecule has 0 amide bonds. The number of hydrogen-bond acceptors (Lipinski definition) is 4. The Kier molecular flexibility index (Phi) is 3.22. The summed E-state index contributed by atoms with van der Waals surface area (Å²) in [6.07, 6.45) is 0.912. The van der Waals surface area contributed by atoms with Crippen LogP contribution in [-0.4, -0.2) is 14.5 Å². The smallest absolute Gasteiger partial charge is 0.210 e. The van der Waals surface area contributed by atoms with Crippen LogP contribution in [0.15, 0.2) is 27.5 Å². The summed E-state index contributed by atoms with van der Waals surface area (Å²) in [4.78, 5) is 9.49. The topological polar surface area (TPSA) is 87.4 Å². The summed E-state index contributed by atoms with van der Waals surface area (Å²) in [5.74, 6) is 0. The predicted molar refractivity (Wildman–Crippen MR) is 51.5 cm³/mol. The van der Waals surface area contributed by atoms with Crippen LogP contribution in [0.5, 0.6) is 0 Å². The molecule has 0 bridgehead atoms. The second kappa shape index (κ2) is 4.24. The lowest BCUT2D eigenvalue weighted by Crippen LogP contribution is -1.99. The first-order valence-corrected chi connectivity index (χ1v) is 5.37. The minimum absolute atomic E-state index is 0.126. The van der Waals surface area contributed by atoms with Crippen molar-refractivity contribution in [1.82, 2.24) is 0 Å². The number of sulfonamides is 1. The Bertz CT molecular complexity index is 582. The maximum absolute atomic E-state index is 11.3.